The Kier molecular flexibility index (Phi) is 9.98. The van der Waals surface area contributed by atoms with Gasteiger partial charge in [-0.1, -0.05) is 51.9 Å². The number of anilines is 1. The molecule has 1 fully saturated rings. The Morgan fingerprint density at radius 1 is 1.07 bits per heavy atom. The van der Waals surface area contributed by atoms with E-state index in [2.05, 4.69) is 50.1 Å². The normalized spacial score (nSPS) is 18.3. The predicted octanol–water partition coefficient (Wildman–Crippen LogP) is 6.45. The number of H-pyrrole nitrogens is 1. The Bertz CT molecular complexity index is 1720. The maximum atomic E-state index is 14.2. The number of carbonyl (C=O) groups excluding carboxylic acids is 2. The number of thiocarbonyl (C=S) groups is 1. The van der Waals surface area contributed by atoms with E-state index in [1.165, 1.54) is 0 Å². The summed E-state index contributed by atoms with van der Waals surface area (Å²) in [4.78, 5) is 37.4. The fraction of sp³-hybridized carbons (Fsp3) is 0.343. The third kappa shape index (κ3) is 6.81. The number of likely N-dealkylation sites (N-methyl/N-ethyl adjacent to an activating group) is 1. The topological polar surface area (TPSA) is 72.1 Å². The summed E-state index contributed by atoms with van der Waals surface area (Å²) in [7, 11) is 1.79. The smallest absolute Gasteiger partial charge is 0.249 e. The fourth-order valence-electron chi connectivity index (χ4n) is 6.54. The van der Waals surface area contributed by atoms with Gasteiger partial charge < -0.3 is 24.4 Å². The van der Waals surface area contributed by atoms with Gasteiger partial charge in [-0.3, -0.25) is 14.5 Å². The van der Waals surface area contributed by atoms with Crippen LogP contribution in [-0.4, -0.2) is 89.4 Å². The molecule has 2 aliphatic heterocycles. The first-order valence-corrected chi connectivity index (χ1v) is 17.1. The highest BCUT2D eigenvalue weighted by molar-refractivity contribution is 9.10. The number of hydrogen-bond donors (Lipinski definition) is 1. The van der Waals surface area contributed by atoms with Gasteiger partial charge in [-0.15, -0.1) is 0 Å². The van der Waals surface area contributed by atoms with Crippen LogP contribution >= 0.6 is 39.7 Å². The van der Waals surface area contributed by atoms with Gasteiger partial charge in [0.2, 0.25) is 11.8 Å². The Labute approximate surface area is 288 Å². The van der Waals surface area contributed by atoms with Gasteiger partial charge in [0, 0.05) is 84.9 Å². The molecule has 8 nitrogen and oxygen atoms in total. The van der Waals surface area contributed by atoms with E-state index in [4.69, 9.17) is 28.6 Å². The van der Waals surface area contributed by atoms with Crippen LogP contribution in [-0.2, 0) is 16.0 Å². The van der Waals surface area contributed by atoms with Crippen LogP contribution in [0.4, 0.5) is 5.69 Å². The van der Waals surface area contributed by atoms with Gasteiger partial charge in [-0.2, -0.15) is 0 Å². The van der Waals surface area contributed by atoms with Crippen LogP contribution in [0.5, 0.6) is 5.75 Å². The summed E-state index contributed by atoms with van der Waals surface area (Å²) < 4.78 is 7.10. The molecule has 0 spiro atoms. The van der Waals surface area contributed by atoms with Crippen molar-refractivity contribution in [3.05, 3.63) is 93.0 Å². The number of piperazine rings is 1. The summed E-state index contributed by atoms with van der Waals surface area (Å²) in [6, 6.07) is 20.8. The largest absolute Gasteiger partial charge is 0.494 e. The molecule has 4 aromatic rings. The lowest BCUT2D eigenvalue weighted by Crippen LogP contribution is -2.52. The number of rotatable bonds is 9. The molecule has 2 atom stereocenters. The maximum absolute atomic E-state index is 14.2. The zero-order chi connectivity index (χ0) is 32.4. The first-order valence-electron chi connectivity index (χ1n) is 15.5. The van der Waals surface area contributed by atoms with Crippen LogP contribution < -0.4 is 9.64 Å². The number of ether oxygens (including phenoxy) is 1. The predicted molar refractivity (Wildman–Crippen MR) is 191 cm³/mol. The second-order valence-corrected chi connectivity index (χ2v) is 13.4. The van der Waals surface area contributed by atoms with Crippen LogP contribution in [0.2, 0.25) is 5.02 Å². The molecular formula is C35H37BrClN5O3S. The van der Waals surface area contributed by atoms with E-state index in [-0.39, 0.29) is 17.9 Å². The Balaban J connectivity index is 1.21. The summed E-state index contributed by atoms with van der Waals surface area (Å²) in [5.74, 6) is 0.895. The molecule has 11 heteroatoms. The second kappa shape index (κ2) is 14.1. The van der Waals surface area contributed by atoms with E-state index in [1.54, 1.807) is 36.5 Å². The average molecular weight is 723 g/mol. The summed E-state index contributed by atoms with van der Waals surface area (Å²) >= 11 is 15.4. The second-order valence-electron chi connectivity index (χ2n) is 11.9. The molecular weight excluding hydrogens is 686 g/mol. The van der Waals surface area contributed by atoms with Crippen molar-refractivity contribution in [2.45, 2.75) is 31.8 Å². The highest BCUT2D eigenvalue weighted by atomic mass is 79.9. The van der Waals surface area contributed by atoms with Crippen molar-refractivity contribution < 1.29 is 14.3 Å². The molecule has 1 aromatic heterocycles. The molecule has 240 valence electrons. The SMILES string of the molecule is CC(=O)N1CCN(CCCOc2ccc(C3c4[nH]c5ccc(Br)cc5c4CC(C(=O)N(C)c4ccc(Cl)cc4)N3C=S)cc2)CC1. The lowest BCUT2D eigenvalue weighted by molar-refractivity contribution is -0.130. The number of aromatic amines is 1. The quantitative estimate of drug-likeness (QED) is 0.158. The minimum atomic E-state index is -0.512. The Hall–Kier alpha value is -3.44. The highest BCUT2D eigenvalue weighted by Crippen LogP contribution is 2.42. The molecule has 0 saturated carbocycles. The molecule has 0 radical (unpaired) electrons. The van der Waals surface area contributed by atoms with Crippen molar-refractivity contribution in [2.75, 3.05) is 51.3 Å². The van der Waals surface area contributed by atoms with Gasteiger partial charge in [0.1, 0.15) is 11.8 Å². The number of nitrogens with zero attached hydrogens (tertiary/aromatic N) is 4. The molecule has 3 heterocycles. The molecule has 2 unspecified atom stereocenters. The van der Waals surface area contributed by atoms with Crippen LogP contribution in [0.15, 0.2) is 71.2 Å². The number of nitrogens with one attached hydrogen (secondary N) is 1. The number of benzene rings is 3. The van der Waals surface area contributed by atoms with E-state index in [0.717, 1.165) is 82.8 Å². The zero-order valence-corrected chi connectivity index (χ0v) is 29.1. The molecule has 1 N–H and O–H groups in total. The fourth-order valence-corrected chi connectivity index (χ4v) is 7.29. The Morgan fingerprint density at radius 3 is 2.46 bits per heavy atom. The maximum Gasteiger partial charge on any atom is 0.249 e. The standard InChI is InChI=1S/C35H37BrClN5O3S/c1-23(43)41-17-15-40(16-18-41)14-3-19-45-28-11-4-24(5-12-28)34-33-30(29-20-25(36)6-13-31(29)38-33)21-32(42(34)22-46)35(44)39(2)27-9-7-26(37)8-10-27/h4-13,20,22,32,34,38H,3,14-19,21H2,1-2H3. The molecule has 2 amide bonds. The molecule has 3 aromatic carbocycles. The third-order valence-corrected chi connectivity index (χ3v) is 10.1. The zero-order valence-electron chi connectivity index (χ0n) is 25.9. The van der Waals surface area contributed by atoms with Crippen molar-refractivity contribution in [1.82, 2.24) is 19.7 Å². The number of halogens is 2. The van der Waals surface area contributed by atoms with Crippen LogP contribution in [0, 0.1) is 0 Å². The molecule has 1 saturated heterocycles. The van der Waals surface area contributed by atoms with Crippen molar-refractivity contribution in [2.24, 2.45) is 0 Å². The first kappa shape index (κ1) is 32.5. The van der Waals surface area contributed by atoms with Gasteiger partial charge in [-0.25, -0.2) is 0 Å². The van der Waals surface area contributed by atoms with E-state index in [0.29, 0.717) is 18.1 Å². The summed E-state index contributed by atoms with van der Waals surface area (Å²) in [6.07, 6.45) is 1.42. The van der Waals surface area contributed by atoms with Crippen LogP contribution in [0.1, 0.15) is 36.2 Å². The van der Waals surface area contributed by atoms with Gasteiger partial charge in [0.25, 0.3) is 0 Å². The van der Waals surface area contributed by atoms with Crippen LogP contribution in [0.25, 0.3) is 10.9 Å². The van der Waals surface area contributed by atoms with E-state index < -0.39 is 6.04 Å². The highest BCUT2D eigenvalue weighted by Gasteiger charge is 2.41. The number of amides is 2. The van der Waals surface area contributed by atoms with Gasteiger partial charge >= 0.3 is 0 Å². The molecule has 6 rings (SSSR count). The molecule has 46 heavy (non-hydrogen) atoms. The minimum absolute atomic E-state index is 0.0499. The lowest BCUT2D eigenvalue weighted by atomic mass is 9.88. The van der Waals surface area contributed by atoms with Crippen molar-refractivity contribution in [3.63, 3.8) is 0 Å². The van der Waals surface area contributed by atoms with E-state index >= 15 is 0 Å². The molecule has 2 aliphatic rings. The van der Waals surface area contributed by atoms with Crippen molar-refractivity contribution in [3.8, 4) is 5.75 Å². The van der Waals surface area contributed by atoms with E-state index in [9.17, 15) is 9.59 Å². The monoisotopic (exact) mass is 721 g/mol. The summed E-state index contributed by atoms with van der Waals surface area (Å²) in [5, 5.41) is 1.71. The van der Waals surface area contributed by atoms with E-state index in [1.807, 2.05) is 40.1 Å². The van der Waals surface area contributed by atoms with Gasteiger partial charge in [-0.05, 0) is 72.1 Å². The van der Waals surface area contributed by atoms with Gasteiger partial charge in [0.05, 0.1) is 18.1 Å². The third-order valence-electron chi connectivity index (χ3n) is 9.08. The average Bonchev–Trinajstić information content (AvgIpc) is 3.43. The Morgan fingerprint density at radius 2 is 1.78 bits per heavy atom. The summed E-state index contributed by atoms with van der Waals surface area (Å²) in [6.45, 7) is 6.56. The van der Waals surface area contributed by atoms with Crippen molar-refractivity contribution in [1.29, 1.82) is 0 Å². The number of fused-ring (bicyclic) bond motifs is 3. The number of aromatic nitrogens is 1. The first-order chi connectivity index (χ1) is 22.2. The lowest BCUT2D eigenvalue weighted by Gasteiger charge is -2.41. The molecule has 0 aliphatic carbocycles. The van der Waals surface area contributed by atoms with Crippen LogP contribution in [0.3, 0.4) is 0 Å². The van der Waals surface area contributed by atoms with Crippen molar-refractivity contribution >= 4 is 73.6 Å². The summed E-state index contributed by atoms with van der Waals surface area (Å²) in [5.41, 5.74) is 6.56. The number of hydrogen-bond acceptors (Lipinski definition) is 5. The van der Waals surface area contributed by atoms with Gasteiger partial charge in [0.15, 0.2) is 0 Å². The molecule has 0 bridgehead atoms. The number of carbonyl (C=O) groups is 2. The minimum Gasteiger partial charge on any atom is -0.494 e.